The number of ether oxygens (including phenoxy) is 3. The Kier molecular flexibility index (Phi) is 5.82. The smallest absolute Gasteiger partial charge is 0.171 e. The number of benzene rings is 1. The van der Waals surface area contributed by atoms with Gasteiger partial charge in [-0.15, -0.1) is 0 Å². The first kappa shape index (κ1) is 25.4. The normalized spacial score (nSPS) is 26.7. The van der Waals surface area contributed by atoms with Crippen molar-refractivity contribution in [3.8, 4) is 6.07 Å². The SMILES string of the molecule is C[C@@H]1CN(c2ccc(C#N)n3ncc(F)c23)C[C@H](CN2CC3(C2)OCc2cc(N4CC5(CNCCO5)C4)ccc23)O1. The van der Waals surface area contributed by atoms with Gasteiger partial charge in [0.05, 0.1) is 50.4 Å². The molecule has 4 saturated heterocycles. The number of fused-ring (bicyclic) bond motifs is 3. The van der Waals surface area contributed by atoms with Gasteiger partial charge in [-0.3, -0.25) is 4.90 Å². The Morgan fingerprint density at radius 2 is 2.00 bits per heavy atom. The number of nitrogens with zero attached hydrogens (tertiary/aromatic N) is 6. The zero-order valence-corrected chi connectivity index (χ0v) is 23.2. The number of halogens is 1. The molecule has 8 rings (SSSR count). The van der Waals surface area contributed by atoms with E-state index in [1.54, 1.807) is 6.07 Å². The highest BCUT2D eigenvalue weighted by Gasteiger charge is 2.51. The van der Waals surface area contributed by atoms with Gasteiger partial charge in [-0.2, -0.15) is 10.4 Å². The van der Waals surface area contributed by atoms with Crippen LogP contribution in [0.2, 0.25) is 0 Å². The molecule has 0 saturated carbocycles. The number of hydrogen-bond donors (Lipinski definition) is 1. The fourth-order valence-electron chi connectivity index (χ4n) is 7.46. The van der Waals surface area contributed by atoms with Crippen molar-refractivity contribution >= 4 is 16.9 Å². The predicted molar refractivity (Wildman–Crippen MR) is 150 cm³/mol. The van der Waals surface area contributed by atoms with Crippen LogP contribution in [0.5, 0.6) is 0 Å². The van der Waals surface area contributed by atoms with Crippen LogP contribution in [0.4, 0.5) is 15.8 Å². The maximum atomic E-state index is 14.7. The van der Waals surface area contributed by atoms with Gasteiger partial charge in [0.15, 0.2) is 5.82 Å². The molecule has 41 heavy (non-hydrogen) atoms. The minimum Gasteiger partial charge on any atom is -0.370 e. The van der Waals surface area contributed by atoms with Crippen LogP contribution >= 0.6 is 0 Å². The maximum absolute atomic E-state index is 14.7. The van der Waals surface area contributed by atoms with E-state index in [4.69, 9.17) is 14.2 Å². The summed E-state index contributed by atoms with van der Waals surface area (Å²) in [5.74, 6) is -0.425. The molecule has 0 unspecified atom stereocenters. The van der Waals surface area contributed by atoms with E-state index in [0.29, 0.717) is 30.9 Å². The first-order valence-electron chi connectivity index (χ1n) is 14.5. The van der Waals surface area contributed by atoms with Crippen molar-refractivity contribution in [1.29, 1.82) is 5.26 Å². The number of nitriles is 1. The molecule has 10 nitrogen and oxygen atoms in total. The minimum atomic E-state index is -0.425. The first-order chi connectivity index (χ1) is 19.9. The summed E-state index contributed by atoms with van der Waals surface area (Å²) in [6.07, 6.45) is 1.13. The Morgan fingerprint density at radius 3 is 2.80 bits per heavy atom. The zero-order valence-electron chi connectivity index (χ0n) is 23.2. The second kappa shape index (κ2) is 9.37. The number of likely N-dealkylation sites (tertiary alicyclic amines) is 1. The third-order valence-electron chi connectivity index (χ3n) is 9.34. The molecular weight excluding hydrogens is 525 g/mol. The molecule has 1 aromatic carbocycles. The highest BCUT2D eigenvalue weighted by atomic mass is 19.1. The van der Waals surface area contributed by atoms with Crippen LogP contribution in [-0.4, -0.2) is 97.8 Å². The van der Waals surface area contributed by atoms with Crippen molar-refractivity contribution in [3.05, 3.63) is 59.2 Å². The largest absolute Gasteiger partial charge is 0.370 e. The van der Waals surface area contributed by atoms with E-state index in [1.807, 2.05) is 6.07 Å². The van der Waals surface area contributed by atoms with E-state index >= 15 is 0 Å². The number of pyridine rings is 1. The Labute approximate surface area is 238 Å². The van der Waals surface area contributed by atoms with Crippen molar-refractivity contribution in [1.82, 2.24) is 19.8 Å². The van der Waals surface area contributed by atoms with E-state index in [9.17, 15) is 9.65 Å². The summed E-state index contributed by atoms with van der Waals surface area (Å²) >= 11 is 0. The highest BCUT2D eigenvalue weighted by Crippen LogP contribution is 2.45. The van der Waals surface area contributed by atoms with Gasteiger partial charge < -0.3 is 29.3 Å². The topological polar surface area (TPSA) is 90.5 Å². The fraction of sp³-hybridized carbons (Fsp3) is 0.533. The zero-order chi connectivity index (χ0) is 27.8. The summed E-state index contributed by atoms with van der Waals surface area (Å²) < 4.78 is 34.9. The number of anilines is 2. The lowest BCUT2D eigenvalue weighted by atomic mass is 9.84. The molecule has 4 fully saturated rings. The summed E-state index contributed by atoms with van der Waals surface area (Å²) in [4.78, 5) is 6.95. The summed E-state index contributed by atoms with van der Waals surface area (Å²) in [5.41, 5.74) is 4.94. The quantitative estimate of drug-likeness (QED) is 0.515. The van der Waals surface area contributed by atoms with Gasteiger partial charge in [-0.1, -0.05) is 6.07 Å². The van der Waals surface area contributed by atoms with Gasteiger partial charge in [0.25, 0.3) is 0 Å². The molecule has 214 valence electrons. The van der Waals surface area contributed by atoms with E-state index in [-0.39, 0.29) is 23.4 Å². The van der Waals surface area contributed by atoms with Crippen molar-refractivity contribution < 1.29 is 18.6 Å². The number of nitrogens with one attached hydrogen (secondary N) is 1. The molecule has 2 atom stereocenters. The first-order valence-corrected chi connectivity index (χ1v) is 14.5. The van der Waals surface area contributed by atoms with Crippen LogP contribution in [0.3, 0.4) is 0 Å². The Hall–Kier alpha value is -3.27. The molecule has 0 bridgehead atoms. The van der Waals surface area contributed by atoms with Crippen molar-refractivity contribution in [2.24, 2.45) is 0 Å². The lowest BCUT2D eigenvalue weighted by Crippen LogP contribution is -2.70. The van der Waals surface area contributed by atoms with Crippen LogP contribution in [0.15, 0.2) is 36.5 Å². The van der Waals surface area contributed by atoms with Gasteiger partial charge in [0, 0.05) is 51.5 Å². The molecule has 2 aromatic heterocycles. The summed E-state index contributed by atoms with van der Waals surface area (Å²) in [7, 11) is 0. The van der Waals surface area contributed by atoms with Gasteiger partial charge >= 0.3 is 0 Å². The molecule has 7 heterocycles. The lowest BCUT2D eigenvalue weighted by molar-refractivity contribution is -0.155. The van der Waals surface area contributed by atoms with Gasteiger partial charge in [0.1, 0.15) is 28.5 Å². The average molecular weight is 560 g/mol. The number of morpholine rings is 2. The molecule has 1 N–H and O–H groups in total. The van der Waals surface area contributed by atoms with Crippen LogP contribution in [-0.2, 0) is 26.4 Å². The van der Waals surface area contributed by atoms with Crippen molar-refractivity contribution in [2.75, 3.05) is 75.3 Å². The molecule has 5 aliphatic rings. The standard InChI is InChI=1S/C30H34FN7O3/c1-20-11-36(27-5-3-23(9-32)38-28(27)26(31)10-34-38)13-24(41-20)12-35-18-30(19-35)25-4-2-22(8-21(25)14-40-30)37-16-29(17-37)15-33-6-7-39-29/h2-5,8,10,20,24,33H,6-7,11-19H2,1H3/t20-,24+/m1/s1. The van der Waals surface area contributed by atoms with Crippen LogP contribution < -0.4 is 15.1 Å². The molecule has 0 amide bonds. The summed E-state index contributed by atoms with van der Waals surface area (Å²) in [6, 6.07) is 12.4. The summed E-state index contributed by atoms with van der Waals surface area (Å²) in [5, 5.41) is 17.0. The van der Waals surface area contributed by atoms with E-state index in [0.717, 1.165) is 58.1 Å². The minimum absolute atomic E-state index is 0.0111. The lowest BCUT2D eigenvalue weighted by Gasteiger charge is -2.53. The van der Waals surface area contributed by atoms with Gasteiger partial charge in [-0.05, 0) is 42.3 Å². The Balaban J connectivity index is 0.926. The van der Waals surface area contributed by atoms with E-state index in [1.165, 1.54) is 27.5 Å². The van der Waals surface area contributed by atoms with Crippen LogP contribution in [0, 0.1) is 17.1 Å². The summed E-state index contributed by atoms with van der Waals surface area (Å²) in [6.45, 7) is 10.9. The van der Waals surface area contributed by atoms with E-state index in [2.05, 4.69) is 56.3 Å². The Morgan fingerprint density at radius 1 is 1.12 bits per heavy atom. The fourth-order valence-corrected chi connectivity index (χ4v) is 7.46. The third kappa shape index (κ3) is 4.12. The molecule has 5 aliphatic heterocycles. The monoisotopic (exact) mass is 559 g/mol. The highest BCUT2D eigenvalue weighted by molar-refractivity contribution is 5.74. The maximum Gasteiger partial charge on any atom is 0.171 e. The second-order valence-electron chi connectivity index (χ2n) is 12.3. The third-order valence-corrected chi connectivity index (χ3v) is 9.34. The number of rotatable bonds is 4. The second-order valence-corrected chi connectivity index (χ2v) is 12.3. The van der Waals surface area contributed by atoms with Crippen LogP contribution in [0.25, 0.3) is 5.52 Å². The molecule has 11 heteroatoms. The molecular formula is C30H34FN7O3. The van der Waals surface area contributed by atoms with E-state index < -0.39 is 5.82 Å². The number of aromatic nitrogens is 2. The van der Waals surface area contributed by atoms with Crippen molar-refractivity contribution in [3.63, 3.8) is 0 Å². The number of hydrogen-bond acceptors (Lipinski definition) is 9. The molecule has 0 aliphatic carbocycles. The van der Waals surface area contributed by atoms with Crippen molar-refractivity contribution in [2.45, 2.75) is 36.9 Å². The molecule has 0 radical (unpaired) electrons. The molecule has 3 aromatic rings. The van der Waals surface area contributed by atoms with Crippen LogP contribution in [0.1, 0.15) is 23.7 Å². The Bertz CT molecular complexity index is 1530. The predicted octanol–water partition coefficient (Wildman–Crippen LogP) is 1.86. The molecule has 2 spiro atoms. The van der Waals surface area contributed by atoms with Gasteiger partial charge in [-0.25, -0.2) is 8.91 Å². The average Bonchev–Trinajstić information content (AvgIpc) is 3.52. The van der Waals surface area contributed by atoms with Gasteiger partial charge in [0.2, 0.25) is 0 Å².